The number of hydrogen-bond acceptors (Lipinski definition) is 2. The third-order valence-electron chi connectivity index (χ3n) is 3.24. The zero-order chi connectivity index (χ0) is 12.8. The standard InChI is InChI=1S/C15H22FNO/c1-2-3-10-18-15(11-17-12-8-9-12)13-6-4-5-7-14(13)16/h4-7,12,15,17H,2-3,8-11H2,1H3. The molecule has 0 aliphatic heterocycles. The second kappa shape index (κ2) is 6.86. The van der Waals surface area contributed by atoms with Crippen LogP contribution in [-0.2, 0) is 4.74 Å². The van der Waals surface area contributed by atoms with Crippen molar-refractivity contribution in [3.63, 3.8) is 0 Å². The van der Waals surface area contributed by atoms with Crippen molar-refractivity contribution < 1.29 is 9.13 Å². The molecule has 100 valence electrons. The van der Waals surface area contributed by atoms with Crippen molar-refractivity contribution in [3.05, 3.63) is 35.6 Å². The van der Waals surface area contributed by atoms with E-state index in [2.05, 4.69) is 12.2 Å². The highest BCUT2D eigenvalue weighted by Gasteiger charge is 2.23. The highest BCUT2D eigenvalue weighted by Crippen LogP contribution is 2.23. The molecule has 0 aromatic heterocycles. The number of hydrogen-bond donors (Lipinski definition) is 1. The minimum Gasteiger partial charge on any atom is -0.372 e. The summed E-state index contributed by atoms with van der Waals surface area (Å²) in [5.74, 6) is -0.170. The summed E-state index contributed by atoms with van der Waals surface area (Å²) in [6.07, 6.45) is 4.42. The van der Waals surface area contributed by atoms with E-state index < -0.39 is 0 Å². The lowest BCUT2D eigenvalue weighted by atomic mass is 10.1. The lowest BCUT2D eigenvalue weighted by Gasteiger charge is -2.19. The second-order valence-electron chi connectivity index (χ2n) is 4.92. The number of benzene rings is 1. The van der Waals surface area contributed by atoms with Crippen LogP contribution in [0.3, 0.4) is 0 Å². The lowest BCUT2D eigenvalue weighted by molar-refractivity contribution is 0.0480. The van der Waals surface area contributed by atoms with E-state index in [1.54, 1.807) is 6.07 Å². The quantitative estimate of drug-likeness (QED) is 0.715. The van der Waals surface area contributed by atoms with Gasteiger partial charge in [0.25, 0.3) is 0 Å². The van der Waals surface area contributed by atoms with Crippen LogP contribution in [0.1, 0.15) is 44.3 Å². The van der Waals surface area contributed by atoms with Crippen molar-refractivity contribution in [1.82, 2.24) is 5.32 Å². The Kier molecular flexibility index (Phi) is 5.14. The molecule has 1 N–H and O–H groups in total. The Morgan fingerprint density at radius 3 is 2.83 bits per heavy atom. The third-order valence-corrected chi connectivity index (χ3v) is 3.24. The summed E-state index contributed by atoms with van der Waals surface area (Å²) >= 11 is 0. The van der Waals surface area contributed by atoms with Crippen LogP contribution in [0.2, 0.25) is 0 Å². The highest BCUT2D eigenvalue weighted by molar-refractivity contribution is 5.20. The van der Waals surface area contributed by atoms with Gasteiger partial charge in [-0.2, -0.15) is 0 Å². The van der Waals surface area contributed by atoms with Gasteiger partial charge < -0.3 is 10.1 Å². The molecular weight excluding hydrogens is 229 g/mol. The van der Waals surface area contributed by atoms with E-state index in [9.17, 15) is 4.39 Å². The van der Waals surface area contributed by atoms with E-state index in [4.69, 9.17) is 4.74 Å². The lowest BCUT2D eigenvalue weighted by Crippen LogP contribution is -2.26. The Hall–Kier alpha value is -0.930. The maximum absolute atomic E-state index is 13.8. The predicted molar refractivity (Wildman–Crippen MR) is 71.0 cm³/mol. The highest BCUT2D eigenvalue weighted by atomic mass is 19.1. The molecule has 0 radical (unpaired) electrons. The summed E-state index contributed by atoms with van der Waals surface area (Å²) in [5, 5.41) is 3.42. The van der Waals surface area contributed by atoms with Gasteiger partial charge in [0, 0.05) is 24.8 Å². The topological polar surface area (TPSA) is 21.3 Å². The zero-order valence-electron chi connectivity index (χ0n) is 11.0. The zero-order valence-corrected chi connectivity index (χ0v) is 11.0. The van der Waals surface area contributed by atoms with Gasteiger partial charge in [0.1, 0.15) is 5.82 Å². The summed E-state index contributed by atoms with van der Waals surface area (Å²) in [5.41, 5.74) is 0.668. The Balaban J connectivity index is 1.95. The van der Waals surface area contributed by atoms with Crippen LogP contribution in [0, 0.1) is 5.82 Å². The number of nitrogens with one attached hydrogen (secondary N) is 1. The minimum atomic E-state index is -0.170. The Morgan fingerprint density at radius 1 is 1.39 bits per heavy atom. The van der Waals surface area contributed by atoms with Crippen LogP contribution < -0.4 is 5.32 Å². The van der Waals surface area contributed by atoms with Crippen molar-refractivity contribution in [1.29, 1.82) is 0 Å². The molecule has 1 fully saturated rings. The number of rotatable bonds is 8. The molecule has 0 bridgehead atoms. The fourth-order valence-corrected chi connectivity index (χ4v) is 1.93. The summed E-state index contributed by atoms with van der Waals surface area (Å²) in [7, 11) is 0. The SMILES string of the molecule is CCCCOC(CNC1CC1)c1ccccc1F. The van der Waals surface area contributed by atoms with Gasteiger partial charge in [0.15, 0.2) is 0 Å². The molecule has 3 heteroatoms. The summed E-state index contributed by atoms with van der Waals surface area (Å²) in [4.78, 5) is 0. The number of unbranched alkanes of at least 4 members (excludes halogenated alkanes) is 1. The molecule has 1 atom stereocenters. The molecule has 18 heavy (non-hydrogen) atoms. The van der Waals surface area contributed by atoms with Crippen LogP contribution >= 0.6 is 0 Å². The van der Waals surface area contributed by atoms with Gasteiger partial charge in [-0.15, -0.1) is 0 Å². The van der Waals surface area contributed by atoms with E-state index in [1.165, 1.54) is 18.9 Å². The van der Waals surface area contributed by atoms with E-state index in [1.807, 2.05) is 12.1 Å². The summed E-state index contributed by atoms with van der Waals surface area (Å²) < 4.78 is 19.6. The second-order valence-corrected chi connectivity index (χ2v) is 4.92. The molecule has 1 unspecified atom stereocenters. The van der Waals surface area contributed by atoms with Crippen LogP contribution in [0.25, 0.3) is 0 Å². The monoisotopic (exact) mass is 251 g/mol. The van der Waals surface area contributed by atoms with E-state index >= 15 is 0 Å². The van der Waals surface area contributed by atoms with Crippen molar-refractivity contribution in [3.8, 4) is 0 Å². The van der Waals surface area contributed by atoms with Gasteiger partial charge in [-0.3, -0.25) is 0 Å². The van der Waals surface area contributed by atoms with Gasteiger partial charge in [-0.05, 0) is 25.3 Å². The van der Waals surface area contributed by atoms with Gasteiger partial charge in [-0.1, -0.05) is 31.5 Å². The molecular formula is C15H22FNO. The predicted octanol–water partition coefficient (Wildman–Crippen LogP) is 3.44. The molecule has 0 amide bonds. The molecule has 0 heterocycles. The van der Waals surface area contributed by atoms with Crippen molar-refractivity contribution in [2.45, 2.75) is 44.8 Å². The van der Waals surface area contributed by atoms with Gasteiger partial charge in [0.05, 0.1) is 6.10 Å². The maximum atomic E-state index is 13.8. The Labute approximate surface area is 109 Å². The molecule has 2 nitrogen and oxygen atoms in total. The van der Waals surface area contributed by atoms with E-state index in [-0.39, 0.29) is 11.9 Å². The largest absolute Gasteiger partial charge is 0.372 e. The maximum Gasteiger partial charge on any atom is 0.129 e. The third kappa shape index (κ3) is 4.07. The van der Waals surface area contributed by atoms with Crippen molar-refractivity contribution in [2.75, 3.05) is 13.2 Å². The smallest absolute Gasteiger partial charge is 0.129 e. The first-order valence-electron chi connectivity index (χ1n) is 6.90. The molecule has 1 aliphatic carbocycles. The molecule has 0 saturated heterocycles. The molecule has 0 spiro atoms. The van der Waals surface area contributed by atoms with Crippen LogP contribution in [-0.4, -0.2) is 19.2 Å². The average molecular weight is 251 g/mol. The normalized spacial score (nSPS) is 16.8. The fraction of sp³-hybridized carbons (Fsp3) is 0.600. The van der Waals surface area contributed by atoms with Crippen molar-refractivity contribution in [2.24, 2.45) is 0 Å². The average Bonchev–Trinajstić information content (AvgIpc) is 3.19. The number of ether oxygens (including phenoxy) is 1. The van der Waals surface area contributed by atoms with E-state index in [0.29, 0.717) is 24.8 Å². The fourth-order valence-electron chi connectivity index (χ4n) is 1.93. The first-order valence-corrected chi connectivity index (χ1v) is 6.90. The molecule has 1 saturated carbocycles. The molecule has 1 aromatic carbocycles. The minimum absolute atomic E-state index is 0.168. The molecule has 2 rings (SSSR count). The van der Waals surface area contributed by atoms with Crippen LogP contribution in [0.4, 0.5) is 4.39 Å². The van der Waals surface area contributed by atoms with Gasteiger partial charge >= 0.3 is 0 Å². The van der Waals surface area contributed by atoms with E-state index in [0.717, 1.165) is 12.8 Å². The first kappa shape index (κ1) is 13.5. The number of halogens is 1. The van der Waals surface area contributed by atoms with Gasteiger partial charge in [0.2, 0.25) is 0 Å². The molecule has 1 aromatic rings. The Bertz CT molecular complexity index is 365. The van der Waals surface area contributed by atoms with Crippen LogP contribution in [0.5, 0.6) is 0 Å². The first-order chi connectivity index (χ1) is 8.81. The Morgan fingerprint density at radius 2 is 2.17 bits per heavy atom. The summed E-state index contributed by atoms with van der Waals surface area (Å²) in [6, 6.07) is 7.53. The van der Waals surface area contributed by atoms with Crippen LogP contribution in [0.15, 0.2) is 24.3 Å². The molecule has 1 aliphatic rings. The van der Waals surface area contributed by atoms with Gasteiger partial charge in [-0.25, -0.2) is 4.39 Å². The summed E-state index contributed by atoms with van der Waals surface area (Å²) in [6.45, 7) is 3.53. The van der Waals surface area contributed by atoms with Crippen molar-refractivity contribution >= 4 is 0 Å².